The molecular formula is C26H25N3O3. The Balaban J connectivity index is 1.32. The molecule has 2 aliphatic carbocycles. The molecule has 3 fully saturated rings. The van der Waals surface area contributed by atoms with Crippen LogP contribution in [-0.2, 0) is 14.9 Å². The van der Waals surface area contributed by atoms with Gasteiger partial charge in [-0.05, 0) is 61.6 Å². The number of fused-ring (bicyclic) bond motifs is 2. The van der Waals surface area contributed by atoms with Crippen molar-refractivity contribution in [3.8, 4) is 22.7 Å². The van der Waals surface area contributed by atoms with Crippen molar-refractivity contribution in [1.82, 2.24) is 9.78 Å². The quantitative estimate of drug-likeness (QED) is 0.667. The molecular weight excluding hydrogens is 402 g/mol. The number of aromatic nitrogens is 2. The van der Waals surface area contributed by atoms with Crippen molar-refractivity contribution in [3.05, 3.63) is 60.3 Å². The van der Waals surface area contributed by atoms with E-state index in [1.165, 1.54) is 0 Å². The molecule has 2 spiro atoms. The van der Waals surface area contributed by atoms with Gasteiger partial charge in [0.05, 0.1) is 41.9 Å². The topological polar surface area (TPSA) is 65.4 Å². The molecule has 2 saturated carbocycles. The first kappa shape index (κ1) is 18.5. The molecule has 1 amide bonds. The SMILES string of the molecule is O=C1Nc2c(OC3CC4(COC4)C3)cc(-c3ccnn3-c3ccccc3)cc2C12CCC2. The number of rotatable bonds is 4. The fourth-order valence-electron chi connectivity index (χ4n) is 5.84. The van der Waals surface area contributed by atoms with Gasteiger partial charge in [0.1, 0.15) is 11.9 Å². The van der Waals surface area contributed by atoms with Crippen molar-refractivity contribution in [2.45, 2.75) is 43.6 Å². The van der Waals surface area contributed by atoms with E-state index in [0.717, 1.165) is 79.3 Å². The smallest absolute Gasteiger partial charge is 0.235 e. The summed E-state index contributed by atoms with van der Waals surface area (Å²) in [6.45, 7) is 1.70. The molecule has 2 aromatic carbocycles. The van der Waals surface area contributed by atoms with E-state index in [4.69, 9.17) is 9.47 Å². The summed E-state index contributed by atoms with van der Waals surface area (Å²) in [4.78, 5) is 13.0. The van der Waals surface area contributed by atoms with Gasteiger partial charge in [0, 0.05) is 11.0 Å². The lowest BCUT2D eigenvalue weighted by Crippen LogP contribution is -2.56. The van der Waals surface area contributed by atoms with E-state index >= 15 is 0 Å². The highest BCUT2D eigenvalue weighted by Gasteiger charge is 2.54. The lowest BCUT2D eigenvalue weighted by molar-refractivity contribution is -0.191. The minimum Gasteiger partial charge on any atom is -0.488 e. The fraction of sp³-hybridized carbons (Fsp3) is 0.385. The molecule has 3 heterocycles. The van der Waals surface area contributed by atoms with E-state index in [-0.39, 0.29) is 12.0 Å². The zero-order chi connectivity index (χ0) is 21.3. The van der Waals surface area contributed by atoms with Gasteiger partial charge in [0.2, 0.25) is 5.91 Å². The second-order valence-electron chi connectivity index (χ2n) is 9.89. The van der Waals surface area contributed by atoms with Crippen molar-refractivity contribution in [2.75, 3.05) is 18.5 Å². The van der Waals surface area contributed by atoms with Crippen LogP contribution in [0.15, 0.2) is 54.7 Å². The molecule has 6 nitrogen and oxygen atoms in total. The van der Waals surface area contributed by atoms with Crippen molar-refractivity contribution in [3.63, 3.8) is 0 Å². The Hall–Kier alpha value is -3.12. The maximum absolute atomic E-state index is 13.0. The van der Waals surface area contributed by atoms with Crippen molar-refractivity contribution in [1.29, 1.82) is 0 Å². The minimum atomic E-state index is -0.399. The number of anilines is 1. The first-order valence-corrected chi connectivity index (χ1v) is 11.5. The van der Waals surface area contributed by atoms with Crippen molar-refractivity contribution in [2.24, 2.45) is 5.41 Å². The zero-order valence-electron chi connectivity index (χ0n) is 17.8. The van der Waals surface area contributed by atoms with Crippen LogP contribution in [0, 0.1) is 5.41 Å². The second-order valence-corrected chi connectivity index (χ2v) is 9.89. The van der Waals surface area contributed by atoms with Gasteiger partial charge in [-0.2, -0.15) is 5.10 Å². The standard InChI is InChI=1S/C26H25N3O3/c30-24-26(8-4-9-26)20-11-17(21-7-10-27-29(21)18-5-2-1-3-6-18)12-22(23(20)28-24)32-19-13-25(14-19)15-31-16-25/h1-3,5-7,10-12,19H,4,8-9,13-16H2,(H,28,30). The molecule has 4 aliphatic rings. The van der Waals surface area contributed by atoms with Crippen molar-refractivity contribution >= 4 is 11.6 Å². The summed E-state index contributed by atoms with van der Waals surface area (Å²) in [5.41, 5.74) is 4.92. The first-order chi connectivity index (χ1) is 15.7. The molecule has 32 heavy (non-hydrogen) atoms. The Morgan fingerprint density at radius 3 is 2.59 bits per heavy atom. The van der Waals surface area contributed by atoms with E-state index in [2.05, 4.69) is 22.5 Å². The molecule has 2 aliphatic heterocycles. The highest BCUT2D eigenvalue weighted by atomic mass is 16.5. The van der Waals surface area contributed by atoms with E-state index < -0.39 is 5.41 Å². The molecule has 3 aromatic rings. The van der Waals surface area contributed by atoms with Gasteiger partial charge in [-0.25, -0.2) is 4.68 Å². The molecule has 1 N–H and O–H groups in total. The van der Waals surface area contributed by atoms with Gasteiger partial charge in [-0.15, -0.1) is 0 Å². The van der Waals surface area contributed by atoms with E-state index in [1.807, 2.05) is 47.3 Å². The molecule has 0 unspecified atom stereocenters. The number of benzene rings is 2. The van der Waals surface area contributed by atoms with Crippen LogP contribution in [0.25, 0.3) is 16.9 Å². The third-order valence-corrected chi connectivity index (χ3v) is 7.87. The van der Waals surface area contributed by atoms with Crippen LogP contribution in [0.3, 0.4) is 0 Å². The predicted octanol–water partition coefficient (Wildman–Crippen LogP) is 4.47. The van der Waals surface area contributed by atoms with Crippen LogP contribution < -0.4 is 10.1 Å². The number of carbonyl (C=O) groups excluding carboxylic acids is 1. The number of hydrogen-bond acceptors (Lipinski definition) is 4. The Bertz CT molecular complexity index is 1220. The molecule has 0 atom stereocenters. The predicted molar refractivity (Wildman–Crippen MR) is 120 cm³/mol. The summed E-state index contributed by atoms with van der Waals surface area (Å²) < 4.78 is 13.9. The molecule has 1 aromatic heterocycles. The van der Waals surface area contributed by atoms with E-state index in [1.54, 1.807) is 0 Å². The summed E-state index contributed by atoms with van der Waals surface area (Å²) in [5.74, 6) is 0.908. The Kier molecular flexibility index (Phi) is 3.72. The summed E-state index contributed by atoms with van der Waals surface area (Å²) in [7, 11) is 0. The molecule has 7 rings (SSSR count). The number of amides is 1. The average molecular weight is 428 g/mol. The van der Waals surface area contributed by atoms with Crippen LogP contribution >= 0.6 is 0 Å². The maximum Gasteiger partial charge on any atom is 0.235 e. The van der Waals surface area contributed by atoms with Gasteiger partial charge in [0.25, 0.3) is 0 Å². The molecule has 0 bridgehead atoms. The lowest BCUT2D eigenvalue weighted by Gasteiger charge is -2.52. The highest BCUT2D eigenvalue weighted by molar-refractivity contribution is 6.09. The number of para-hydroxylation sites is 1. The highest BCUT2D eigenvalue weighted by Crippen LogP contribution is 2.56. The van der Waals surface area contributed by atoms with Crippen LogP contribution in [0.4, 0.5) is 5.69 Å². The average Bonchev–Trinajstić information content (AvgIpc) is 3.31. The monoisotopic (exact) mass is 427 g/mol. The van der Waals surface area contributed by atoms with Crippen LogP contribution in [0.1, 0.15) is 37.7 Å². The Labute approximate surface area is 186 Å². The largest absolute Gasteiger partial charge is 0.488 e. The lowest BCUT2D eigenvalue weighted by atomic mass is 9.64. The number of hydrogen-bond donors (Lipinski definition) is 1. The maximum atomic E-state index is 13.0. The second kappa shape index (κ2) is 6.45. The van der Waals surface area contributed by atoms with Gasteiger partial charge in [0.15, 0.2) is 0 Å². The van der Waals surface area contributed by atoms with Crippen LogP contribution in [-0.4, -0.2) is 35.0 Å². The number of ether oxygens (including phenoxy) is 2. The summed E-state index contributed by atoms with van der Waals surface area (Å²) in [6.07, 6.45) is 6.92. The Morgan fingerprint density at radius 1 is 1.09 bits per heavy atom. The third kappa shape index (κ3) is 2.50. The first-order valence-electron chi connectivity index (χ1n) is 11.5. The van der Waals surface area contributed by atoms with Gasteiger partial charge in [-0.3, -0.25) is 4.79 Å². The number of carbonyl (C=O) groups is 1. The molecule has 0 radical (unpaired) electrons. The van der Waals surface area contributed by atoms with Gasteiger partial charge >= 0.3 is 0 Å². The van der Waals surface area contributed by atoms with Crippen molar-refractivity contribution < 1.29 is 14.3 Å². The third-order valence-electron chi connectivity index (χ3n) is 7.87. The number of nitrogens with one attached hydrogen (secondary N) is 1. The summed E-state index contributed by atoms with van der Waals surface area (Å²) in [6, 6.07) is 16.4. The van der Waals surface area contributed by atoms with Gasteiger partial charge < -0.3 is 14.8 Å². The fourth-order valence-corrected chi connectivity index (χ4v) is 5.84. The zero-order valence-corrected chi connectivity index (χ0v) is 17.8. The van der Waals surface area contributed by atoms with Gasteiger partial charge in [-0.1, -0.05) is 24.6 Å². The van der Waals surface area contributed by atoms with E-state index in [9.17, 15) is 4.79 Å². The van der Waals surface area contributed by atoms with Crippen LogP contribution in [0.5, 0.6) is 5.75 Å². The summed E-state index contributed by atoms with van der Waals surface area (Å²) in [5, 5.41) is 7.75. The minimum absolute atomic E-state index is 0.120. The normalized spacial score (nSPS) is 22.1. The molecule has 1 saturated heterocycles. The molecule has 6 heteroatoms. The number of nitrogens with zero attached hydrogens (tertiary/aromatic N) is 2. The molecule has 162 valence electrons. The van der Waals surface area contributed by atoms with E-state index in [0.29, 0.717) is 5.41 Å². The van der Waals surface area contributed by atoms with Crippen LogP contribution in [0.2, 0.25) is 0 Å². The Morgan fingerprint density at radius 2 is 1.91 bits per heavy atom. The summed E-state index contributed by atoms with van der Waals surface area (Å²) >= 11 is 0.